The number of hydrogen-bond donors (Lipinski definition) is 1. The first-order valence-electron chi connectivity index (χ1n) is 6.03. The molecule has 1 heterocycles. The summed E-state index contributed by atoms with van der Waals surface area (Å²) >= 11 is 0. The van der Waals surface area contributed by atoms with Gasteiger partial charge in [-0.05, 0) is 30.5 Å². The van der Waals surface area contributed by atoms with Gasteiger partial charge in [-0.1, -0.05) is 12.1 Å². The summed E-state index contributed by atoms with van der Waals surface area (Å²) in [6.07, 6.45) is 1.59. The van der Waals surface area contributed by atoms with E-state index in [1.807, 2.05) is 24.3 Å². The Labute approximate surface area is 107 Å². The predicted molar refractivity (Wildman–Crippen MR) is 67.1 cm³/mol. The molecular weight excluding hydrogens is 228 g/mol. The summed E-state index contributed by atoms with van der Waals surface area (Å²) in [4.78, 5) is 11.4. The Morgan fingerprint density at radius 3 is 3.00 bits per heavy atom. The molecule has 1 aromatic rings. The molecule has 0 aliphatic carbocycles. The van der Waals surface area contributed by atoms with E-state index in [4.69, 9.17) is 4.74 Å². The van der Waals surface area contributed by atoms with Crippen LogP contribution in [0.1, 0.15) is 24.8 Å². The van der Waals surface area contributed by atoms with Crippen LogP contribution in [-0.4, -0.2) is 19.6 Å². The number of methoxy groups -OCH3 is 1. The first-order valence-corrected chi connectivity index (χ1v) is 6.03. The van der Waals surface area contributed by atoms with E-state index in [1.165, 1.54) is 0 Å². The fourth-order valence-electron chi connectivity index (χ4n) is 2.34. The molecule has 2 rings (SSSR count). The quantitative estimate of drug-likeness (QED) is 0.862. The molecule has 1 saturated heterocycles. The zero-order chi connectivity index (χ0) is 13.0. The number of rotatable bonds is 2. The van der Waals surface area contributed by atoms with E-state index in [0.717, 1.165) is 11.3 Å². The smallest absolute Gasteiger partial charge is 0.220 e. The predicted octanol–water partition coefficient (Wildman–Crippen LogP) is 1.76. The van der Waals surface area contributed by atoms with Gasteiger partial charge in [0, 0.05) is 13.0 Å². The van der Waals surface area contributed by atoms with Gasteiger partial charge in [0.2, 0.25) is 5.91 Å². The van der Waals surface area contributed by atoms with Gasteiger partial charge in [-0.3, -0.25) is 4.79 Å². The maximum atomic E-state index is 11.4. The molecule has 0 aromatic heterocycles. The van der Waals surface area contributed by atoms with Crippen molar-refractivity contribution >= 4 is 5.91 Å². The normalized spacial score (nSPS) is 23.7. The van der Waals surface area contributed by atoms with Gasteiger partial charge in [-0.25, -0.2) is 0 Å². The van der Waals surface area contributed by atoms with Crippen LogP contribution in [-0.2, 0) is 10.2 Å². The van der Waals surface area contributed by atoms with E-state index in [2.05, 4.69) is 11.4 Å². The van der Waals surface area contributed by atoms with E-state index in [0.29, 0.717) is 25.8 Å². The van der Waals surface area contributed by atoms with E-state index in [-0.39, 0.29) is 5.91 Å². The Morgan fingerprint density at radius 1 is 1.44 bits per heavy atom. The van der Waals surface area contributed by atoms with Gasteiger partial charge in [0.1, 0.15) is 5.75 Å². The molecule has 1 unspecified atom stereocenters. The Bertz CT molecular complexity index is 493. The number of carbonyl (C=O) groups excluding carboxylic acids is 1. The van der Waals surface area contributed by atoms with Gasteiger partial charge in [0.25, 0.3) is 0 Å². The lowest BCUT2D eigenvalue weighted by Crippen LogP contribution is -2.26. The Morgan fingerprint density at radius 2 is 2.28 bits per heavy atom. The van der Waals surface area contributed by atoms with E-state index in [9.17, 15) is 10.1 Å². The Hall–Kier alpha value is -2.02. The van der Waals surface area contributed by atoms with Crippen LogP contribution in [0.25, 0.3) is 0 Å². The molecule has 1 aliphatic rings. The van der Waals surface area contributed by atoms with Gasteiger partial charge >= 0.3 is 0 Å². The van der Waals surface area contributed by atoms with Crippen LogP contribution in [0, 0.1) is 11.3 Å². The third kappa shape index (κ3) is 2.30. The molecule has 0 bridgehead atoms. The zero-order valence-electron chi connectivity index (χ0n) is 10.4. The van der Waals surface area contributed by atoms with Gasteiger partial charge in [-0.15, -0.1) is 0 Å². The number of nitrogens with zero attached hydrogens (tertiary/aromatic N) is 1. The second-order valence-electron chi connectivity index (χ2n) is 4.53. The van der Waals surface area contributed by atoms with Gasteiger partial charge in [0.05, 0.1) is 18.6 Å². The SMILES string of the molecule is COc1cccc(C2(C#N)CCNC(=O)CC2)c1. The average molecular weight is 244 g/mol. The maximum Gasteiger partial charge on any atom is 0.220 e. The molecule has 4 nitrogen and oxygen atoms in total. The largest absolute Gasteiger partial charge is 0.497 e. The van der Waals surface area contributed by atoms with Crippen LogP contribution in [0.4, 0.5) is 0 Å². The summed E-state index contributed by atoms with van der Waals surface area (Å²) < 4.78 is 5.20. The van der Waals surface area contributed by atoms with Crippen molar-refractivity contribution in [2.75, 3.05) is 13.7 Å². The lowest BCUT2D eigenvalue weighted by atomic mass is 9.76. The Balaban J connectivity index is 2.36. The lowest BCUT2D eigenvalue weighted by Gasteiger charge is -2.25. The number of benzene rings is 1. The molecule has 4 heteroatoms. The molecule has 1 aromatic carbocycles. The summed E-state index contributed by atoms with van der Waals surface area (Å²) in [5.74, 6) is 0.765. The standard InChI is InChI=1S/C14H16N2O2/c1-18-12-4-2-3-11(9-12)14(10-15)6-5-13(17)16-8-7-14/h2-4,9H,5-8H2,1H3,(H,16,17). The number of nitrogens with one attached hydrogen (secondary N) is 1. The summed E-state index contributed by atoms with van der Waals surface area (Å²) in [7, 11) is 1.61. The van der Waals surface area contributed by atoms with Crippen molar-refractivity contribution in [3.63, 3.8) is 0 Å². The monoisotopic (exact) mass is 244 g/mol. The number of amides is 1. The molecule has 94 valence electrons. The fourth-order valence-corrected chi connectivity index (χ4v) is 2.34. The van der Waals surface area contributed by atoms with Crippen molar-refractivity contribution in [1.82, 2.24) is 5.32 Å². The molecule has 0 spiro atoms. The van der Waals surface area contributed by atoms with Crippen molar-refractivity contribution in [3.05, 3.63) is 29.8 Å². The first-order chi connectivity index (χ1) is 8.70. The second-order valence-corrected chi connectivity index (χ2v) is 4.53. The topological polar surface area (TPSA) is 62.1 Å². The van der Waals surface area contributed by atoms with Crippen molar-refractivity contribution in [2.24, 2.45) is 0 Å². The molecule has 18 heavy (non-hydrogen) atoms. The lowest BCUT2D eigenvalue weighted by molar-refractivity contribution is -0.120. The highest BCUT2D eigenvalue weighted by atomic mass is 16.5. The third-order valence-electron chi connectivity index (χ3n) is 3.49. The first kappa shape index (κ1) is 12.4. The highest BCUT2D eigenvalue weighted by molar-refractivity contribution is 5.76. The fraction of sp³-hybridized carbons (Fsp3) is 0.429. The minimum Gasteiger partial charge on any atom is -0.497 e. The minimum absolute atomic E-state index is 0.0232. The van der Waals surface area contributed by atoms with E-state index >= 15 is 0 Å². The van der Waals surface area contributed by atoms with Crippen molar-refractivity contribution < 1.29 is 9.53 Å². The van der Waals surface area contributed by atoms with Crippen LogP contribution < -0.4 is 10.1 Å². The van der Waals surface area contributed by atoms with Crippen molar-refractivity contribution in [2.45, 2.75) is 24.7 Å². The van der Waals surface area contributed by atoms with Crippen LogP contribution in [0.3, 0.4) is 0 Å². The highest BCUT2D eigenvalue weighted by Gasteiger charge is 2.34. The minimum atomic E-state index is -0.590. The highest BCUT2D eigenvalue weighted by Crippen LogP contribution is 2.35. The molecule has 1 aliphatic heterocycles. The number of carbonyl (C=O) groups is 1. The van der Waals surface area contributed by atoms with Gasteiger partial charge in [-0.2, -0.15) is 5.26 Å². The number of ether oxygens (including phenoxy) is 1. The Kier molecular flexibility index (Phi) is 3.52. The van der Waals surface area contributed by atoms with Crippen LogP contribution in [0.2, 0.25) is 0 Å². The maximum absolute atomic E-state index is 11.4. The zero-order valence-corrected chi connectivity index (χ0v) is 10.4. The molecule has 1 amide bonds. The molecule has 0 radical (unpaired) electrons. The van der Waals surface area contributed by atoms with Gasteiger partial charge < -0.3 is 10.1 Å². The van der Waals surface area contributed by atoms with Crippen LogP contribution in [0.5, 0.6) is 5.75 Å². The molecular formula is C14H16N2O2. The average Bonchev–Trinajstić information content (AvgIpc) is 2.61. The second kappa shape index (κ2) is 5.09. The number of nitriles is 1. The van der Waals surface area contributed by atoms with E-state index in [1.54, 1.807) is 7.11 Å². The van der Waals surface area contributed by atoms with Crippen molar-refractivity contribution in [1.29, 1.82) is 5.26 Å². The summed E-state index contributed by atoms with van der Waals surface area (Å²) in [5.41, 5.74) is 0.342. The molecule has 0 saturated carbocycles. The summed E-state index contributed by atoms with van der Waals surface area (Å²) in [6.45, 7) is 0.545. The summed E-state index contributed by atoms with van der Waals surface area (Å²) in [5, 5.41) is 12.4. The summed E-state index contributed by atoms with van der Waals surface area (Å²) in [6, 6.07) is 9.96. The van der Waals surface area contributed by atoms with Crippen molar-refractivity contribution in [3.8, 4) is 11.8 Å². The molecule has 1 atom stereocenters. The third-order valence-corrected chi connectivity index (χ3v) is 3.49. The van der Waals surface area contributed by atoms with Crippen LogP contribution >= 0.6 is 0 Å². The number of hydrogen-bond acceptors (Lipinski definition) is 3. The van der Waals surface area contributed by atoms with Crippen LogP contribution in [0.15, 0.2) is 24.3 Å². The molecule has 1 N–H and O–H groups in total. The van der Waals surface area contributed by atoms with Gasteiger partial charge in [0.15, 0.2) is 0 Å². The molecule has 1 fully saturated rings. The van der Waals surface area contributed by atoms with E-state index < -0.39 is 5.41 Å².